The van der Waals surface area contributed by atoms with Gasteiger partial charge in [-0.25, -0.2) is 9.37 Å². The van der Waals surface area contributed by atoms with Crippen LogP contribution in [0, 0.1) is 12.7 Å². The van der Waals surface area contributed by atoms with Crippen molar-refractivity contribution in [2.45, 2.75) is 6.92 Å². The Morgan fingerprint density at radius 1 is 1.23 bits per heavy atom. The molecule has 1 amide bonds. The van der Waals surface area contributed by atoms with Crippen molar-refractivity contribution in [2.24, 2.45) is 0 Å². The highest BCUT2D eigenvalue weighted by Gasteiger charge is 2.13. The molecule has 134 valence electrons. The summed E-state index contributed by atoms with van der Waals surface area (Å²) in [5.41, 5.74) is 1.53. The summed E-state index contributed by atoms with van der Waals surface area (Å²) in [6, 6.07) is 11.5. The molecular formula is C18H13Br2FN2O2S. The Labute approximate surface area is 170 Å². The summed E-state index contributed by atoms with van der Waals surface area (Å²) in [5, 5.41) is 3.21. The first-order chi connectivity index (χ1) is 12.4. The van der Waals surface area contributed by atoms with Crippen molar-refractivity contribution in [1.82, 2.24) is 4.98 Å². The molecular weight excluding hydrogens is 487 g/mol. The molecule has 0 saturated heterocycles. The SMILES string of the molecule is Cc1sc(NC(=O)COc2ccc(Br)cc2Br)nc1-c1ccc(F)cc1. The average molecular weight is 500 g/mol. The fourth-order valence-electron chi connectivity index (χ4n) is 2.22. The monoisotopic (exact) mass is 498 g/mol. The van der Waals surface area contributed by atoms with E-state index in [9.17, 15) is 9.18 Å². The molecule has 0 atom stereocenters. The molecule has 0 aliphatic heterocycles. The summed E-state index contributed by atoms with van der Waals surface area (Å²) in [5.74, 6) is -0.0312. The molecule has 4 nitrogen and oxygen atoms in total. The van der Waals surface area contributed by atoms with Crippen LogP contribution in [0.1, 0.15) is 4.88 Å². The second-order valence-corrected chi connectivity index (χ2v) is 8.32. The number of nitrogens with one attached hydrogen (secondary N) is 1. The van der Waals surface area contributed by atoms with Crippen molar-refractivity contribution >= 4 is 54.2 Å². The van der Waals surface area contributed by atoms with Gasteiger partial charge in [0.2, 0.25) is 0 Å². The number of hydrogen-bond donors (Lipinski definition) is 1. The van der Waals surface area contributed by atoms with Crippen LogP contribution >= 0.6 is 43.2 Å². The van der Waals surface area contributed by atoms with E-state index in [2.05, 4.69) is 42.2 Å². The number of thiazole rings is 1. The molecule has 1 heterocycles. The number of amides is 1. The molecule has 1 N–H and O–H groups in total. The van der Waals surface area contributed by atoms with E-state index in [0.29, 0.717) is 10.9 Å². The third kappa shape index (κ3) is 4.69. The van der Waals surface area contributed by atoms with Crippen molar-refractivity contribution in [3.63, 3.8) is 0 Å². The number of carbonyl (C=O) groups excluding carboxylic acids is 1. The maximum atomic E-state index is 13.1. The topological polar surface area (TPSA) is 51.2 Å². The Bertz CT molecular complexity index is 945. The van der Waals surface area contributed by atoms with Gasteiger partial charge in [-0.1, -0.05) is 15.9 Å². The highest BCUT2D eigenvalue weighted by atomic mass is 79.9. The highest BCUT2D eigenvalue weighted by Crippen LogP contribution is 2.31. The van der Waals surface area contributed by atoms with E-state index in [4.69, 9.17) is 4.74 Å². The molecule has 0 bridgehead atoms. The quantitative estimate of drug-likeness (QED) is 0.482. The summed E-state index contributed by atoms with van der Waals surface area (Å²) in [6.07, 6.45) is 0. The smallest absolute Gasteiger partial charge is 0.264 e. The minimum Gasteiger partial charge on any atom is -0.483 e. The molecule has 0 aliphatic carbocycles. The summed E-state index contributed by atoms with van der Waals surface area (Å²) < 4.78 is 20.2. The minimum atomic E-state index is -0.306. The molecule has 3 aromatic rings. The second kappa shape index (κ2) is 8.28. The molecule has 3 rings (SSSR count). The third-order valence-corrected chi connectivity index (χ3v) is 5.41. The number of ether oxygens (including phenoxy) is 1. The van der Waals surface area contributed by atoms with Crippen LogP contribution in [-0.4, -0.2) is 17.5 Å². The van der Waals surface area contributed by atoms with Crippen molar-refractivity contribution in [1.29, 1.82) is 0 Å². The van der Waals surface area contributed by atoms with E-state index >= 15 is 0 Å². The van der Waals surface area contributed by atoms with Crippen LogP contribution in [-0.2, 0) is 4.79 Å². The molecule has 2 aromatic carbocycles. The first kappa shape index (κ1) is 19.0. The maximum Gasteiger partial charge on any atom is 0.264 e. The summed E-state index contributed by atoms with van der Waals surface area (Å²) >= 11 is 8.11. The Balaban J connectivity index is 1.64. The van der Waals surface area contributed by atoms with Crippen LogP contribution in [0.4, 0.5) is 9.52 Å². The van der Waals surface area contributed by atoms with Gasteiger partial charge in [-0.15, -0.1) is 11.3 Å². The van der Waals surface area contributed by atoms with Gasteiger partial charge in [0.1, 0.15) is 11.6 Å². The molecule has 0 aliphatic rings. The lowest BCUT2D eigenvalue weighted by atomic mass is 10.1. The van der Waals surface area contributed by atoms with E-state index < -0.39 is 0 Å². The van der Waals surface area contributed by atoms with Gasteiger partial charge in [0, 0.05) is 14.9 Å². The standard InChI is InChI=1S/C18H13Br2FN2O2S/c1-10-17(11-2-5-13(21)6-3-11)23-18(26-10)22-16(24)9-25-15-7-4-12(19)8-14(15)20/h2-8H,9H2,1H3,(H,22,23,24). The maximum absolute atomic E-state index is 13.1. The summed E-state index contributed by atoms with van der Waals surface area (Å²) in [4.78, 5) is 17.5. The highest BCUT2D eigenvalue weighted by molar-refractivity contribution is 9.11. The Morgan fingerprint density at radius 3 is 2.65 bits per heavy atom. The number of nitrogens with zero attached hydrogens (tertiary/aromatic N) is 1. The van der Waals surface area contributed by atoms with Gasteiger partial charge < -0.3 is 4.74 Å². The van der Waals surface area contributed by atoms with Gasteiger partial charge >= 0.3 is 0 Å². The van der Waals surface area contributed by atoms with E-state index in [1.54, 1.807) is 18.2 Å². The fourth-order valence-corrected chi connectivity index (χ4v) is 4.23. The van der Waals surface area contributed by atoms with E-state index in [1.165, 1.54) is 23.5 Å². The van der Waals surface area contributed by atoms with Gasteiger partial charge in [-0.2, -0.15) is 0 Å². The van der Waals surface area contributed by atoms with Crippen molar-refractivity contribution in [3.8, 4) is 17.0 Å². The van der Waals surface area contributed by atoms with Gasteiger partial charge in [-0.05, 0) is 65.3 Å². The first-order valence-corrected chi connectivity index (χ1v) is 9.93. The van der Waals surface area contributed by atoms with E-state index in [1.807, 2.05) is 19.1 Å². The van der Waals surface area contributed by atoms with E-state index in [0.717, 1.165) is 25.1 Å². The fraction of sp³-hybridized carbons (Fsp3) is 0.111. The van der Waals surface area contributed by atoms with Crippen LogP contribution in [0.3, 0.4) is 0 Å². The first-order valence-electron chi connectivity index (χ1n) is 7.53. The molecule has 0 fully saturated rings. The predicted octanol–water partition coefficient (Wildman–Crippen LogP) is 5.80. The summed E-state index contributed by atoms with van der Waals surface area (Å²) in [7, 11) is 0. The molecule has 26 heavy (non-hydrogen) atoms. The number of anilines is 1. The van der Waals surface area contributed by atoms with Crippen LogP contribution < -0.4 is 10.1 Å². The normalized spacial score (nSPS) is 10.6. The van der Waals surface area contributed by atoms with E-state index in [-0.39, 0.29) is 18.3 Å². The van der Waals surface area contributed by atoms with Crippen LogP contribution in [0.5, 0.6) is 5.75 Å². The minimum absolute atomic E-state index is 0.134. The number of carbonyl (C=O) groups is 1. The Kier molecular flexibility index (Phi) is 6.05. The Morgan fingerprint density at radius 2 is 1.96 bits per heavy atom. The summed E-state index contributed by atoms with van der Waals surface area (Å²) in [6.45, 7) is 1.77. The predicted molar refractivity (Wildman–Crippen MR) is 108 cm³/mol. The largest absolute Gasteiger partial charge is 0.483 e. The van der Waals surface area contributed by atoms with Crippen LogP contribution in [0.2, 0.25) is 0 Å². The van der Waals surface area contributed by atoms with Crippen LogP contribution in [0.15, 0.2) is 51.4 Å². The average Bonchev–Trinajstić information content (AvgIpc) is 2.95. The number of rotatable bonds is 5. The van der Waals surface area contributed by atoms with Crippen LogP contribution in [0.25, 0.3) is 11.3 Å². The second-order valence-electron chi connectivity index (χ2n) is 5.34. The lowest BCUT2D eigenvalue weighted by Gasteiger charge is -2.08. The van der Waals surface area contributed by atoms with Gasteiger partial charge in [0.25, 0.3) is 5.91 Å². The zero-order chi connectivity index (χ0) is 18.7. The van der Waals surface area contributed by atoms with Crippen molar-refractivity contribution in [3.05, 3.63) is 62.1 Å². The van der Waals surface area contributed by atoms with Gasteiger partial charge in [0.05, 0.1) is 10.2 Å². The van der Waals surface area contributed by atoms with Gasteiger partial charge in [-0.3, -0.25) is 10.1 Å². The lowest BCUT2D eigenvalue weighted by molar-refractivity contribution is -0.118. The molecule has 0 radical (unpaired) electrons. The molecule has 0 saturated carbocycles. The number of halogens is 3. The zero-order valence-electron chi connectivity index (χ0n) is 13.6. The van der Waals surface area contributed by atoms with Crippen molar-refractivity contribution in [2.75, 3.05) is 11.9 Å². The number of aromatic nitrogens is 1. The molecule has 0 unspecified atom stereocenters. The molecule has 1 aromatic heterocycles. The number of aryl methyl sites for hydroxylation is 1. The van der Waals surface area contributed by atoms with Crippen molar-refractivity contribution < 1.29 is 13.9 Å². The number of benzene rings is 2. The Hall–Kier alpha value is -1.77. The molecule has 0 spiro atoms. The lowest BCUT2D eigenvalue weighted by Crippen LogP contribution is -2.20. The number of hydrogen-bond acceptors (Lipinski definition) is 4. The molecule has 8 heteroatoms. The van der Waals surface area contributed by atoms with Gasteiger partial charge in [0.15, 0.2) is 11.7 Å². The zero-order valence-corrected chi connectivity index (χ0v) is 17.5. The third-order valence-electron chi connectivity index (χ3n) is 3.41.